The fourth-order valence-electron chi connectivity index (χ4n) is 4.33. The van der Waals surface area contributed by atoms with Gasteiger partial charge in [-0.2, -0.15) is 0 Å². The number of amides is 1. The van der Waals surface area contributed by atoms with Gasteiger partial charge in [-0.3, -0.25) is 14.5 Å². The third-order valence-corrected chi connectivity index (χ3v) is 6.26. The number of aliphatic carboxylic acids is 1. The minimum atomic E-state index is -0.953. The van der Waals surface area contributed by atoms with Gasteiger partial charge in [0.2, 0.25) is 0 Å². The van der Waals surface area contributed by atoms with Gasteiger partial charge in [0.1, 0.15) is 11.6 Å². The molecule has 2 N–H and O–H groups in total. The second-order valence-corrected chi connectivity index (χ2v) is 8.13. The van der Waals surface area contributed by atoms with Crippen molar-refractivity contribution in [1.29, 1.82) is 0 Å². The van der Waals surface area contributed by atoms with Crippen LogP contribution in [0.2, 0.25) is 0 Å². The number of carboxylic acids is 1. The normalized spacial score (nSPS) is 26.8. The third-order valence-electron chi connectivity index (χ3n) is 6.26. The van der Waals surface area contributed by atoms with E-state index in [9.17, 15) is 23.5 Å². The van der Waals surface area contributed by atoms with Crippen LogP contribution in [-0.4, -0.2) is 52.2 Å². The third kappa shape index (κ3) is 3.94. The molecule has 4 rings (SSSR count). The van der Waals surface area contributed by atoms with E-state index >= 15 is 0 Å². The molecule has 7 nitrogen and oxygen atoms in total. The molecule has 4 atom stereocenters. The Balaban J connectivity index is 1.44. The van der Waals surface area contributed by atoms with Crippen molar-refractivity contribution in [2.45, 2.75) is 38.3 Å². The fourth-order valence-corrected chi connectivity index (χ4v) is 4.33. The molecule has 2 fully saturated rings. The summed E-state index contributed by atoms with van der Waals surface area (Å²) in [5.41, 5.74) is -0.109. The Hall–Kier alpha value is -2.81. The van der Waals surface area contributed by atoms with E-state index in [0.29, 0.717) is 37.5 Å². The van der Waals surface area contributed by atoms with Gasteiger partial charge in [0.05, 0.1) is 11.5 Å². The lowest BCUT2D eigenvalue weighted by Crippen LogP contribution is -2.58. The van der Waals surface area contributed by atoms with Crippen LogP contribution in [0.3, 0.4) is 0 Å². The molecule has 0 spiro atoms. The van der Waals surface area contributed by atoms with Crippen molar-refractivity contribution in [2.24, 2.45) is 11.8 Å². The average molecular weight is 419 g/mol. The quantitative estimate of drug-likeness (QED) is 0.774. The number of hydrogen-bond donors (Lipinski definition) is 2. The minimum absolute atomic E-state index is 0.0128. The molecule has 160 valence electrons. The second-order valence-electron chi connectivity index (χ2n) is 8.13. The van der Waals surface area contributed by atoms with E-state index < -0.39 is 35.5 Å². The van der Waals surface area contributed by atoms with Gasteiger partial charge >= 0.3 is 5.97 Å². The number of nitrogens with zero attached hydrogens (tertiary/aromatic N) is 2. The zero-order chi connectivity index (χ0) is 21.4. The zero-order valence-electron chi connectivity index (χ0n) is 16.5. The van der Waals surface area contributed by atoms with Crippen molar-refractivity contribution >= 4 is 11.9 Å². The number of carboxylic acid groups (broad SMARTS) is 1. The van der Waals surface area contributed by atoms with Crippen LogP contribution in [0.25, 0.3) is 11.3 Å². The SMILES string of the molecule is CC1CCC1N1CC[C@@H](NC(=O)c2cc(-c3ccc(F)cc3F)on2)[C@H](C(=O)O)C1. The predicted molar refractivity (Wildman–Crippen MR) is 103 cm³/mol. The van der Waals surface area contributed by atoms with E-state index in [4.69, 9.17) is 4.52 Å². The molecule has 1 aliphatic carbocycles. The molecule has 1 aromatic heterocycles. The molecular weight excluding hydrogens is 396 g/mol. The van der Waals surface area contributed by atoms with Crippen LogP contribution < -0.4 is 5.32 Å². The molecule has 1 aliphatic heterocycles. The molecule has 0 bridgehead atoms. The van der Waals surface area contributed by atoms with Gasteiger partial charge in [0.25, 0.3) is 5.91 Å². The van der Waals surface area contributed by atoms with E-state index in [1.165, 1.54) is 12.1 Å². The number of hydrogen-bond acceptors (Lipinski definition) is 5. The molecule has 1 saturated heterocycles. The van der Waals surface area contributed by atoms with E-state index in [-0.39, 0.29) is 17.0 Å². The molecule has 1 saturated carbocycles. The molecule has 30 heavy (non-hydrogen) atoms. The summed E-state index contributed by atoms with van der Waals surface area (Å²) in [6.07, 6.45) is 2.75. The van der Waals surface area contributed by atoms with Gasteiger partial charge in [-0.15, -0.1) is 0 Å². The first-order chi connectivity index (χ1) is 14.3. The van der Waals surface area contributed by atoms with Crippen LogP contribution in [0.4, 0.5) is 8.78 Å². The number of nitrogens with one attached hydrogen (secondary N) is 1. The average Bonchev–Trinajstić information content (AvgIpc) is 3.17. The van der Waals surface area contributed by atoms with E-state index in [1.807, 2.05) is 0 Å². The Morgan fingerprint density at radius 1 is 1.23 bits per heavy atom. The number of rotatable bonds is 5. The first kappa shape index (κ1) is 20.5. The highest BCUT2D eigenvalue weighted by Gasteiger charge is 2.41. The van der Waals surface area contributed by atoms with Crippen molar-refractivity contribution in [1.82, 2.24) is 15.4 Å². The van der Waals surface area contributed by atoms with Crippen molar-refractivity contribution in [3.63, 3.8) is 0 Å². The number of piperidine rings is 1. The Morgan fingerprint density at radius 2 is 2.03 bits per heavy atom. The van der Waals surface area contributed by atoms with Crippen molar-refractivity contribution in [3.05, 3.63) is 41.6 Å². The zero-order valence-corrected chi connectivity index (χ0v) is 16.5. The van der Waals surface area contributed by atoms with Gasteiger partial charge in [-0.05, 0) is 37.3 Å². The smallest absolute Gasteiger partial charge is 0.309 e. The van der Waals surface area contributed by atoms with E-state index in [2.05, 4.69) is 22.3 Å². The Morgan fingerprint density at radius 3 is 2.67 bits per heavy atom. The Bertz CT molecular complexity index is 963. The maximum atomic E-state index is 13.9. The van der Waals surface area contributed by atoms with Gasteiger partial charge in [0.15, 0.2) is 11.5 Å². The number of halogens is 2. The first-order valence-electron chi connectivity index (χ1n) is 10.0. The molecule has 2 unspecified atom stereocenters. The minimum Gasteiger partial charge on any atom is -0.481 e. The topological polar surface area (TPSA) is 95.7 Å². The summed E-state index contributed by atoms with van der Waals surface area (Å²) < 4.78 is 32.0. The van der Waals surface area contributed by atoms with Crippen LogP contribution in [0.15, 0.2) is 28.8 Å². The molecule has 9 heteroatoms. The predicted octanol–water partition coefficient (Wildman–Crippen LogP) is 2.92. The number of carbonyl (C=O) groups excluding carboxylic acids is 1. The van der Waals surface area contributed by atoms with E-state index in [1.54, 1.807) is 0 Å². The molecule has 2 heterocycles. The Kier molecular flexibility index (Phi) is 5.55. The number of benzene rings is 1. The molecule has 0 radical (unpaired) electrons. The lowest BCUT2D eigenvalue weighted by molar-refractivity contribution is -0.145. The van der Waals surface area contributed by atoms with Gasteiger partial charge in [-0.1, -0.05) is 12.1 Å². The van der Waals surface area contributed by atoms with Crippen LogP contribution in [-0.2, 0) is 4.79 Å². The monoisotopic (exact) mass is 419 g/mol. The largest absolute Gasteiger partial charge is 0.481 e. The summed E-state index contributed by atoms with van der Waals surface area (Å²) in [5.74, 6) is -3.28. The maximum Gasteiger partial charge on any atom is 0.309 e. The lowest BCUT2D eigenvalue weighted by atomic mass is 9.78. The van der Waals surface area contributed by atoms with Crippen LogP contribution in [0.5, 0.6) is 0 Å². The highest BCUT2D eigenvalue weighted by atomic mass is 19.1. The van der Waals surface area contributed by atoms with E-state index in [0.717, 1.165) is 18.9 Å². The standard InChI is InChI=1S/C21H23F2N3O4/c1-11-2-5-18(11)26-7-6-16(14(10-26)21(28)29)24-20(27)17-9-19(30-25-17)13-4-3-12(22)8-15(13)23/h3-4,8-9,11,14,16,18H,2,5-7,10H2,1H3,(H,24,27)(H,28,29)/t11?,14-,16-,18?/m1/s1. The van der Waals surface area contributed by atoms with Crippen molar-refractivity contribution in [3.8, 4) is 11.3 Å². The summed E-state index contributed by atoms with van der Waals surface area (Å²) in [6, 6.07) is 4.12. The number of aromatic nitrogens is 1. The summed E-state index contributed by atoms with van der Waals surface area (Å²) in [4.78, 5) is 26.6. The van der Waals surface area contributed by atoms with Crippen molar-refractivity contribution in [2.75, 3.05) is 13.1 Å². The summed E-state index contributed by atoms with van der Waals surface area (Å²) in [5, 5.41) is 16.1. The molecule has 2 aliphatic rings. The lowest BCUT2D eigenvalue weighted by Gasteiger charge is -2.47. The highest BCUT2D eigenvalue weighted by molar-refractivity contribution is 5.93. The molecule has 1 aromatic carbocycles. The first-order valence-corrected chi connectivity index (χ1v) is 10.0. The maximum absolute atomic E-state index is 13.9. The summed E-state index contributed by atoms with van der Waals surface area (Å²) in [7, 11) is 0. The van der Waals surface area contributed by atoms with Gasteiger partial charge < -0.3 is 14.9 Å². The van der Waals surface area contributed by atoms with Crippen LogP contribution in [0, 0.1) is 23.5 Å². The van der Waals surface area contributed by atoms with Crippen LogP contribution >= 0.6 is 0 Å². The van der Waals surface area contributed by atoms with Crippen molar-refractivity contribution < 1.29 is 28.0 Å². The summed E-state index contributed by atoms with van der Waals surface area (Å²) >= 11 is 0. The molecule has 1 amide bonds. The van der Waals surface area contributed by atoms with Gasteiger partial charge in [-0.25, -0.2) is 8.78 Å². The molecule has 2 aromatic rings. The highest BCUT2D eigenvalue weighted by Crippen LogP contribution is 2.34. The summed E-state index contributed by atoms with van der Waals surface area (Å²) in [6.45, 7) is 3.28. The second kappa shape index (κ2) is 8.14. The fraction of sp³-hybridized carbons (Fsp3) is 0.476. The molecular formula is C21H23F2N3O4. The number of carbonyl (C=O) groups is 2. The van der Waals surface area contributed by atoms with Gasteiger partial charge in [0, 0.05) is 37.3 Å². The Labute approximate surface area is 172 Å². The van der Waals surface area contributed by atoms with Crippen LogP contribution in [0.1, 0.15) is 36.7 Å². The number of likely N-dealkylation sites (tertiary alicyclic amines) is 1.